The first-order chi connectivity index (χ1) is 19.1. The zero-order chi connectivity index (χ0) is 26.3. The van der Waals surface area contributed by atoms with Crippen LogP contribution in [0.4, 0.5) is 0 Å². The van der Waals surface area contributed by atoms with Crippen LogP contribution in [-0.2, 0) is 5.54 Å². The molecule has 7 aromatic rings. The number of pyridine rings is 1. The van der Waals surface area contributed by atoms with E-state index in [1.807, 2.05) is 11.3 Å². The number of hydrogen-bond donors (Lipinski definition) is 0. The highest BCUT2D eigenvalue weighted by Crippen LogP contribution is 2.45. The molecule has 0 radical (unpaired) electrons. The van der Waals surface area contributed by atoms with E-state index in [2.05, 4.69) is 133 Å². The minimum absolute atomic E-state index is 0.0937. The average Bonchev–Trinajstić information content (AvgIpc) is 3.51. The molecular weight excluding hydrogens is 492 g/mol. The van der Waals surface area contributed by atoms with E-state index in [4.69, 9.17) is 0 Å². The van der Waals surface area contributed by atoms with Crippen molar-refractivity contribution < 1.29 is 4.57 Å². The van der Waals surface area contributed by atoms with Crippen molar-refractivity contribution in [2.75, 3.05) is 0 Å². The van der Waals surface area contributed by atoms with Crippen LogP contribution in [0.25, 0.3) is 64.5 Å². The molecule has 0 fully saturated rings. The summed E-state index contributed by atoms with van der Waals surface area (Å²) in [7, 11) is 0. The van der Waals surface area contributed by atoms with Crippen molar-refractivity contribution in [2.45, 2.75) is 32.2 Å². The van der Waals surface area contributed by atoms with Gasteiger partial charge in [0, 0.05) is 67.2 Å². The molecule has 0 saturated heterocycles. The summed E-state index contributed by atoms with van der Waals surface area (Å²) < 4.78 is 7.60. The molecule has 0 aliphatic carbocycles. The lowest BCUT2D eigenvalue weighted by Gasteiger charge is -2.35. The van der Waals surface area contributed by atoms with E-state index in [0.29, 0.717) is 0 Å². The van der Waals surface area contributed by atoms with Crippen molar-refractivity contribution in [1.82, 2.24) is 4.57 Å². The van der Waals surface area contributed by atoms with Gasteiger partial charge in [0.15, 0.2) is 11.7 Å². The Morgan fingerprint density at radius 1 is 0.692 bits per heavy atom. The molecule has 0 amide bonds. The lowest BCUT2D eigenvalue weighted by atomic mass is 9.75. The number of fused-ring (bicyclic) bond motifs is 9. The van der Waals surface area contributed by atoms with Gasteiger partial charge in [-0.3, -0.25) is 0 Å². The van der Waals surface area contributed by atoms with E-state index in [-0.39, 0.29) is 5.54 Å². The first kappa shape index (κ1) is 22.7. The fraction of sp³-hybridized carbons (Fsp3) is 0.139. The van der Waals surface area contributed by atoms with E-state index in [0.717, 1.165) is 12.8 Å². The third kappa shape index (κ3) is 2.94. The van der Waals surface area contributed by atoms with Crippen LogP contribution >= 0.6 is 11.3 Å². The summed E-state index contributed by atoms with van der Waals surface area (Å²) >= 11 is 1.88. The molecule has 1 aliphatic rings. The standard InChI is InChI=1S/C36H29N2S/c1-4-36(5-2)23(3)25-18-17-24(20-28(25)31-14-10-11-19-37(31)36)38-32-15-8-6-12-26(32)29-22-35-30(21-33(29)38)27-13-7-9-16-34(27)39-35/h6-22H,3-5H2,1-2H3/q+1. The smallest absolute Gasteiger partial charge is 0.213 e. The highest BCUT2D eigenvalue weighted by molar-refractivity contribution is 7.25. The van der Waals surface area contributed by atoms with E-state index in [1.165, 1.54) is 70.1 Å². The predicted molar refractivity (Wildman–Crippen MR) is 167 cm³/mol. The molecule has 0 bridgehead atoms. The molecule has 0 atom stereocenters. The summed E-state index contributed by atoms with van der Waals surface area (Å²) in [6, 6.07) is 35.9. The quantitative estimate of drug-likeness (QED) is 0.205. The van der Waals surface area contributed by atoms with Crippen molar-refractivity contribution in [1.29, 1.82) is 0 Å². The Morgan fingerprint density at radius 2 is 1.46 bits per heavy atom. The molecule has 8 rings (SSSR count). The summed E-state index contributed by atoms with van der Waals surface area (Å²) in [5.41, 5.74) is 8.57. The average molecular weight is 522 g/mol. The molecule has 4 aromatic carbocycles. The number of allylic oxidation sites excluding steroid dienone is 1. The van der Waals surface area contributed by atoms with Crippen LogP contribution in [0.5, 0.6) is 0 Å². The molecule has 1 aliphatic heterocycles. The number of thiophene rings is 1. The number of rotatable bonds is 3. The van der Waals surface area contributed by atoms with Gasteiger partial charge >= 0.3 is 0 Å². The molecule has 0 spiro atoms. The van der Waals surface area contributed by atoms with Gasteiger partial charge in [-0.1, -0.05) is 62.9 Å². The number of aromatic nitrogens is 2. The summed E-state index contributed by atoms with van der Waals surface area (Å²) in [5.74, 6) is 0. The maximum absolute atomic E-state index is 4.67. The van der Waals surface area contributed by atoms with E-state index >= 15 is 0 Å². The van der Waals surface area contributed by atoms with Gasteiger partial charge in [-0.25, -0.2) is 0 Å². The minimum Gasteiger partial charge on any atom is -0.309 e. The Balaban J connectivity index is 1.45. The highest BCUT2D eigenvalue weighted by atomic mass is 32.1. The maximum atomic E-state index is 4.67. The van der Waals surface area contributed by atoms with Crippen LogP contribution in [0.2, 0.25) is 0 Å². The van der Waals surface area contributed by atoms with Gasteiger partial charge in [-0.15, -0.1) is 11.3 Å². The van der Waals surface area contributed by atoms with Crippen LogP contribution in [0, 0.1) is 0 Å². The predicted octanol–water partition coefficient (Wildman–Crippen LogP) is 9.65. The second-order valence-corrected chi connectivity index (χ2v) is 11.8. The summed E-state index contributed by atoms with van der Waals surface area (Å²) in [4.78, 5) is 0. The van der Waals surface area contributed by atoms with Gasteiger partial charge in [0.25, 0.3) is 0 Å². The lowest BCUT2D eigenvalue weighted by Crippen LogP contribution is -2.59. The molecule has 2 nitrogen and oxygen atoms in total. The van der Waals surface area contributed by atoms with Crippen molar-refractivity contribution in [3.63, 3.8) is 0 Å². The molecule has 188 valence electrons. The van der Waals surface area contributed by atoms with Crippen LogP contribution in [0.1, 0.15) is 32.3 Å². The second kappa shape index (κ2) is 8.14. The fourth-order valence-electron chi connectivity index (χ4n) is 7.06. The number of benzene rings is 4. The second-order valence-electron chi connectivity index (χ2n) is 10.7. The number of nitrogens with zero attached hydrogens (tertiary/aromatic N) is 2. The summed E-state index contributed by atoms with van der Waals surface area (Å²) in [5, 5.41) is 5.26. The van der Waals surface area contributed by atoms with Crippen LogP contribution in [-0.4, -0.2) is 4.57 Å². The normalized spacial score (nSPS) is 14.4. The molecule has 0 unspecified atom stereocenters. The van der Waals surface area contributed by atoms with Crippen molar-refractivity contribution >= 4 is 58.9 Å². The van der Waals surface area contributed by atoms with E-state index < -0.39 is 0 Å². The summed E-state index contributed by atoms with van der Waals surface area (Å²) in [6.07, 6.45) is 4.27. The first-order valence-corrected chi connectivity index (χ1v) is 14.7. The molecule has 0 saturated carbocycles. The minimum atomic E-state index is -0.0937. The van der Waals surface area contributed by atoms with Gasteiger partial charge < -0.3 is 4.57 Å². The van der Waals surface area contributed by atoms with Crippen LogP contribution in [0.15, 0.2) is 110 Å². The third-order valence-electron chi connectivity index (χ3n) is 9.09. The summed E-state index contributed by atoms with van der Waals surface area (Å²) in [6.45, 7) is 9.24. The Morgan fingerprint density at radius 3 is 2.31 bits per heavy atom. The molecule has 0 N–H and O–H groups in total. The Hall–Kier alpha value is -4.21. The topological polar surface area (TPSA) is 8.81 Å². The Labute approximate surface area is 232 Å². The molecule has 4 heterocycles. The zero-order valence-electron chi connectivity index (χ0n) is 22.2. The number of hydrogen-bond acceptors (Lipinski definition) is 1. The lowest BCUT2D eigenvalue weighted by molar-refractivity contribution is -0.741. The van der Waals surface area contributed by atoms with Gasteiger partial charge in [-0.05, 0) is 48.0 Å². The largest absolute Gasteiger partial charge is 0.309 e. The van der Waals surface area contributed by atoms with Crippen molar-refractivity contribution in [3.05, 3.63) is 115 Å². The SMILES string of the molecule is C=C1c2ccc(-n3c4ccccc4c4cc5sc6ccccc6c5cc43)cc2-c2cccc[n+]2C1(CC)CC. The van der Waals surface area contributed by atoms with Crippen molar-refractivity contribution in [2.24, 2.45) is 0 Å². The molecule has 39 heavy (non-hydrogen) atoms. The van der Waals surface area contributed by atoms with Gasteiger partial charge in [0.05, 0.1) is 16.6 Å². The highest BCUT2D eigenvalue weighted by Gasteiger charge is 2.46. The van der Waals surface area contributed by atoms with Gasteiger partial charge in [0.2, 0.25) is 5.69 Å². The monoisotopic (exact) mass is 521 g/mol. The first-order valence-electron chi connectivity index (χ1n) is 13.8. The molecule has 3 aromatic heterocycles. The van der Waals surface area contributed by atoms with Crippen LogP contribution in [0.3, 0.4) is 0 Å². The zero-order valence-corrected chi connectivity index (χ0v) is 23.1. The Kier molecular flexibility index (Phi) is 4.75. The Bertz CT molecular complexity index is 2120. The van der Waals surface area contributed by atoms with Gasteiger partial charge in [0.1, 0.15) is 0 Å². The molecular formula is C36H29N2S+. The number of para-hydroxylation sites is 1. The van der Waals surface area contributed by atoms with Crippen LogP contribution < -0.4 is 4.57 Å². The van der Waals surface area contributed by atoms with E-state index in [1.54, 1.807) is 0 Å². The third-order valence-corrected chi connectivity index (χ3v) is 10.2. The fourth-order valence-corrected chi connectivity index (χ4v) is 8.19. The van der Waals surface area contributed by atoms with E-state index in [9.17, 15) is 0 Å². The van der Waals surface area contributed by atoms with Crippen molar-refractivity contribution in [3.8, 4) is 16.9 Å². The van der Waals surface area contributed by atoms with Gasteiger partial charge in [-0.2, -0.15) is 4.57 Å². The maximum Gasteiger partial charge on any atom is 0.213 e. The molecule has 3 heteroatoms.